The summed E-state index contributed by atoms with van der Waals surface area (Å²) in [5.74, 6) is -0.320. The Kier molecular flexibility index (Phi) is 11.1. The topological polar surface area (TPSA) is 96.0 Å². The molecule has 0 bridgehead atoms. The van der Waals surface area contributed by atoms with Gasteiger partial charge in [-0.2, -0.15) is 0 Å². The van der Waals surface area contributed by atoms with Gasteiger partial charge in [-0.25, -0.2) is 8.42 Å². The number of nitrogens with zero attached hydrogens (tertiary/aromatic N) is 2. The first kappa shape index (κ1) is 34.5. The highest BCUT2D eigenvalue weighted by Crippen LogP contribution is 2.27. The number of aryl methyl sites for hydroxylation is 1. The maximum atomic E-state index is 14.6. The van der Waals surface area contributed by atoms with Crippen LogP contribution in [0.4, 0.5) is 5.69 Å². The van der Waals surface area contributed by atoms with Gasteiger partial charge in [-0.05, 0) is 87.4 Å². The molecular weight excluding hydrogens is 622 g/mol. The van der Waals surface area contributed by atoms with E-state index in [1.165, 1.54) is 17.0 Å². The predicted octanol–water partition coefficient (Wildman–Crippen LogP) is 6.41. The zero-order valence-electron chi connectivity index (χ0n) is 26.7. The van der Waals surface area contributed by atoms with Crippen LogP contribution in [0.1, 0.15) is 37.5 Å². The van der Waals surface area contributed by atoms with Crippen LogP contribution >= 0.6 is 11.6 Å². The van der Waals surface area contributed by atoms with Gasteiger partial charge in [0.2, 0.25) is 11.8 Å². The van der Waals surface area contributed by atoms with Crippen molar-refractivity contribution in [2.24, 2.45) is 0 Å². The van der Waals surface area contributed by atoms with Crippen molar-refractivity contribution >= 4 is 39.1 Å². The van der Waals surface area contributed by atoms with Gasteiger partial charge in [0, 0.05) is 23.5 Å². The highest BCUT2D eigenvalue weighted by Gasteiger charge is 2.35. The predicted molar refractivity (Wildman–Crippen MR) is 183 cm³/mol. The molecule has 46 heavy (non-hydrogen) atoms. The molecule has 0 aliphatic carbocycles. The maximum Gasteiger partial charge on any atom is 0.264 e. The lowest BCUT2D eigenvalue weighted by molar-refractivity contribution is -0.140. The van der Waals surface area contributed by atoms with E-state index in [1.54, 1.807) is 61.7 Å². The molecule has 4 aromatic rings. The summed E-state index contributed by atoms with van der Waals surface area (Å²) in [5.41, 5.74) is 2.14. The van der Waals surface area contributed by atoms with Gasteiger partial charge in [0.1, 0.15) is 18.3 Å². The van der Waals surface area contributed by atoms with Crippen LogP contribution < -0.4 is 14.4 Å². The number of hydrogen-bond donors (Lipinski definition) is 1. The fraction of sp³-hybridized carbons (Fsp3) is 0.278. The van der Waals surface area contributed by atoms with E-state index in [2.05, 4.69) is 5.32 Å². The van der Waals surface area contributed by atoms with Crippen LogP contribution in [0.5, 0.6) is 5.75 Å². The Morgan fingerprint density at radius 3 is 2.11 bits per heavy atom. The van der Waals surface area contributed by atoms with Crippen molar-refractivity contribution in [1.82, 2.24) is 10.2 Å². The minimum atomic E-state index is -4.21. The largest absolute Gasteiger partial charge is 0.497 e. The SMILES string of the molecule is COc1cccc(CN(C(=O)CN(c2ccc(Cl)cc2)S(=O)(=O)c2ccc(C)cc2)C(Cc2ccccc2)C(=O)NC(C)(C)C)c1. The van der Waals surface area contributed by atoms with Crippen LogP contribution in [0, 0.1) is 6.92 Å². The maximum absolute atomic E-state index is 14.6. The Morgan fingerprint density at radius 1 is 0.870 bits per heavy atom. The van der Waals surface area contributed by atoms with Gasteiger partial charge in [0.15, 0.2) is 0 Å². The third kappa shape index (κ3) is 9.11. The van der Waals surface area contributed by atoms with Crippen molar-refractivity contribution in [3.63, 3.8) is 0 Å². The summed E-state index contributed by atoms with van der Waals surface area (Å²) in [6, 6.07) is 28.4. The number of benzene rings is 4. The van der Waals surface area contributed by atoms with Crippen molar-refractivity contribution < 1.29 is 22.7 Å². The van der Waals surface area contributed by atoms with Crippen molar-refractivity contribution in [1.29, 1.82) is 0 Å². The van der Waals surface area contributed by atoms with E-state index in [1.807, 2.05) is 64.1 Å². The fourth-order valence-corrected chi connectivity index (χ4v) is 6.49. The molecule has 1 atom stereocenters. The van der Waals surface area contributed by atoms with Gasteiger partial charge in [-0.3, -0.25) is 13.9 Å². The second-order valence-electron chi connectivity index (χ2n) is 12.1. The lowest BCUT2D eigenvalue weighted by Gasteiger charge is -2.35. The van der Waals surface area contributed by atoms with Gasteiger partial charge < -0.3 is 15.0 Å². The second kappa shape index (κ2) is 14.8. The minimum absolute atomic E-state index is 0.0319. The van der Waals surface area contributed by atoms with Crippen LogP contribution in [0.25, 0.3) is 0 Å². The van der Waals surface area contributed by atoms with E-state index < -0.39 is 34.1 Å². The van der Waals surface area contributed by atoms with E-state index in [9.17, 15) is 18.0 Å². The Labute approximate surface area is 277 Å². The Balaban J connectivity index is 1.82. The number of halogens is 1. The standard InChI is InChI=1S/C36H40ClN3O5S/c1-26-14-20-32(21-15-26)46(43,44)40(30-18-16-29(37)17-19-30)25-34(41)39(24-28-12-9-13-31(22-28)45-5)33(35(42)38-36(2,3)4)23-27-10-7-6-8-11-27/h6-22,33H,23-25H2,1-5H3,(H,38,42). The van der Waals surface area contributed by atoms with Gasteiger partial charge in [-0.1, -0.05) is 71.8 Å². The summed E-state index contributed by atoms with van der Waals surface area (Å²) in [6.07, 6.45) is 0.212. The molecule has 4 rings (SSSR count). The third-order valence-corrected chi connectivity index (χ3v) is 9.30. The van der Waals surface area contributed by atoms with Gasteiger partial charge in [0.05, 0.1) is 17.7 Å². The molecule has 1 unspecified atom stereocenters. The molecule has 0 heterocycles. The van der Waals surface area contributed by atoms with Crippen LogP contribution in [-0.4, -0.2) is 50.4 Å². The monoisotopic (exact) mass is 661 g/mol. The molecule has 1 N–H and O–H groups in total. The third-order valence-electron chi connectivity index (χ3n) is 7.26. The van der Waals surface area contributed by atoms with Crippen LogP contribution in [-0.2, 0) is 32.6 Å². The molecule has 0 fully saturated rings. The summed E-state index contributed by atoms with van der Waals surface area (Å²) < 4.78 is 34.8. The molecule has 0 saturated carbocycles. The first-order valence-corrected chi connectivity index (χ1v) is 16.7. The fourth-order valence-electron chi connectivity index (χ4n) is 4.95. The van der Waals surface area contributed by atoms with Crippen molar-refractivity contribution in [2.75, 3.05) is 18.0 Å². The number of sulfonamides is 1. The zero-order chi connectivity index (χ0) is 33.5. The summed E-state index contributed by atoms with van der Waals surface area (Å²) in [7, 11) is -2.65. The zero-order valence-corrected chi connectivity index (χ0v) is 28.3. The molecule has 0 radical (unpaired) electrons. The molecule has 0 saturated heterocycles. The Morgan fingerprint density at radius 2 is 1.50 bits per heavy atom. The van der Waals surface area contributed by atoms with Crippen LogP contribution in [0.2, 0.25) is 5.02 Å². The van der Waals surface area contributed by atoms with Crippen molar-refractivity contribution in [3.05, 3.63) is 125 Å². The molecule has 0 aromatic heterocycles. The molecule has 0 aliphatic rings. The molecular formula is C36H40ClN3O5S. The lowest BCUT2D eigenvalue weighted by Crippen LogP contribution is -2.56. The van der Waals surface area contributed by atoms with E-state index >= 15 is 0 Å². The van der Waals surface area contributed by atoms with E-state index in [0.29, 0.717) is 16.3 Å². The number of carbonyl (C=O) groups excluding carboxylic acids is 2. The molecule has 2 amide bonds. The molecule has 10 heteroatoms. The number of nitrogens with one attached hydrogen (secondary N) is 1. The number of carbonyl (C=O) groups is 2. The van der Waals surface area contributed by atoms with Crippen LogP contribution in [0.15, 0.2) is 108 Å². The Hall–Kier alpha value is -4.34. The van der Waals surface area contributed by atoms with E-state index in [4.69, 9.17) is 16.3 Å². The molecule has 4 aromatic carbocycles. The average Bonchev–Trinajstić information content (AvgIpc) is 3.02. The van der Waals surface area contributed by atoms with Crippen LogP contribution in [0.3, 0.4) is 0 Å². The summed E-state index contributed by atoms with van der Waals surface area (Å²) in [5, 5.41) is 3.45. The highest BCUT2D eigenvalue weighted by atomic mass is 35.5. The minimum Gasteiger partial charge on any atom is -0.497 e. The number of rotatable bonds is 12. The van der Waals surface area contributed by atoms with Gasteiger partial charge >= 0.3 is 0 Å². The lowest BCUT2D eigenvalue weighted by atomic mass is 10.0. The molecule has 0 aliphatic heterocycles. The first-order valence-electron chi connectivity index (χ1n) is 14.9. The van der Waals surface area contributed by atoms with Crippen molar-refractivity contribution in [2.45, 2.75) is 57.1 Å². The summed E-state index contributed by atoms with van der Waals surface area (Å²) in [4.78, 5) is 30.0. The smallest absolute Gasteiger partial charge is 0.264 e. The normalized spacial score (nSPS) is 12.2. The molecule has 8 nitrogen and oxygen atoms in total. The first-order chi connectivity index (χ1) is 21.8. The number of methoxy groups -OCH3 is 1. The number of hydrogen-bond acceptors (Lipinski definition) is 5. The molecule has 0 spiro atoms. The number of amides is 2. The van der Waals surface area contributed by atoms with E-state index in [-0.39, 0.29) is 29.5 Å². The number of anilines is 1. The molecule has 242 valence electrons. The quantitative estimate of drug-likeness (QED) is 0.189. The summed E-state index contributed by atoms with van der Waals surface area (Å²) >= 11 is 6.14. The number of ether oxygens (including phenoxy) is 1. The second-order valence-corrected chi connectivity index (χ2v) is 14.4. The van der Waals surface area contributed by atoms with Crippen molar-refractivity contribution in [3.8, 4) is 5.75 Å². The average molecular weight is 662 g/mol. The van der Waals surface area contributed by atoms with Gasteiger partial charge in [-0.15, -0.1) is 0 Å². The van der Waals surface area contributed by atoms with E-state index in [0.717, 1.165) is 15.4 Å². The Bertz CT molecular complexity index is 1740. The summed E-state index contributed by atoms with van der Waals surface area (Å²) in [6.45, 7) is 6.95. The van der Waals surface area contributed by atoms with Gasteiger partial charge in [0.25, 0.3) is 10.0 Å². The highest BCUT2D eigenvalue weighted by molar-refractivity contribution is 7.92.